The van der Waals surface area contributed by atoms with Crippen molar-refractivity contribution >= 4 is 11.5 Å². The first-order valence-corrected chi connectivity index (χ1v) is 5.30. The third kappa shape index (κ3) is 1.66. The van der Waals surface area contributed by atoms with Crippen LogP contribution in [0.3, 0.4) is 0 Å². The highest BCUT2D eigenvalue weighted by Gasteiger charge is 2.13. The van der Waals surface area contributed by atoms with Crippen LogP contribution < -0.4 is 0 Å². The minimum Gasteiger partial charge on any atom is -0.481 e. The van der Waals surface area contributed by atoms with Crippen LogP contribution in [-0.2, 0) is 17.6 Å². The van der Waals surface area contributed by atoms with E-state index in [1.807, 2.05) is 36.6 Å². The fraction of sp³-hybridized carbons (Fsp3) is 0.333. The number of rotatable bonds is 3. The summed E-state index contributed by atoms with van der Waals surface area (Å²) in [5.41, 5.74) is 2.65. The standard InChI is InChI=1S/C12H14N2O2/c1-3-10-13-9(7-11(15)16)12-8(2)5-4-6-14(10)12/h4-6H,3,7H2,1-2H3,(H,15,16). The van der Waals surface area contributed by atoms with Crippen molar-refractivity contribution in [2.24, 2.45) is 0 Å². The molecular formula is C12H14N2O2. The van der Waals surface area contributed by atoms with Gasteiger partial charge in [-0.05, 0) is 18.6 Å². The Labute approximate surface area is 93.5 Å². The Bertz CT molecular complexity index is 543. The zero-order chi connectivity index (χ0) is 11.7. The molecule has 0 bridgehead atoms. The Morgan fingerprint density at radius 2 is 2.31 bits per heavy atom. The molecule has 16 heavy (non-hydrogen) atoms. The Kier molecular flexibility index (Phi) is 2.64. The minimum atomic E-state index is -0.842. The largest absolute Gasteiger partial charge is 0.481 e. The van der Waals surface area contributed by atoms with Gasteiger partial charge >= 0.3 is 5.97 Å². The van der Waals surface area contributed by atoms with Crippen LogP contribution in [0.2, 0.25) is 0 Å². The third-order valence-electron chi connectivity index (χ3n) is 2.65. The molecule has 2 heterocycles. The normalized spacial score (nSPS) is 10.9. The first-order chi connectivity index (χ1) is 7.63. The summed E-state index contributed by atoms with van der Waals surface area (Å²) >= 11 is 0. The highest BCUT2D eigenvalue weighted by molar-refractivity contribution is 5.74. The Morgan fingerprint density at radius 3 is 2.94 bits per heavy atom. The summed E-state index contributed by atoms with van der Waals surface area (Å²) in [6.07, 6.45) is 2.71. The van der Waals surface area contributed by atoms with Crippen molar-refractivity contribution in [3.63, 3.8) is 0 Å². The van der Waals surface area contributed by atoms with Gasteiger partial charge < -0.3 is 9.51 Å². The highest BCUT2D eigenvalue weighted by atomic mass is 16.4. The smallest absolute Gasteiger partial charge is 0.309 e. The second kappa shape index (κ2) is 3.96. The summed E-state index contributed by atoms with van der Waals surface area (Å²) in [5.74, 6) is 0.0702. The molecular weight excluding hydrogens is 204 g/mol. The van der Waals surface area contributed by atoms with Gasteiger partial charge in [0.05, 0.1) is 17.6 Å². The number of fused-ring (bicyclic) bond motifs is 1. The van der Waals surface area contributed by atoms with Crippen LogP contribution in [0.25, 0.3) is 5.52 Å². The van der Waals surface area contributed by atoms with E-state index in [1.54, 1.807) is 0 Å². The fourth-order valence-electron chi connectivity index (χ4n) is 1.98. The molecule has 0 aliphatic heterocycles. The molecule has 0 unspecified atom stereocenters. The van der Waals surface area contributed by atoms with Gasteiger partial charge in [0.2, 0.25) is 0 Å². The van der Waals surface area contributed by atoms with Crippen molar-refractivity contribution < 1.29 is 9.90 Å². The first kappa shape index (κ1) is 10.7. The van der Waals surface area contributed by atoms with Crippen LogP contribution in [0.15, 0.2) is 18.3 Å². The fourth-order valence-corrected chi connectivity index (χ4v) is 1.98. The maximum absolute atomic E-state index is 10.8. The van der Waals surface area contributed by atoms with E-state index in [9.17, 15) is 4.79 Å². The average molecular weight is 218 g/mol. The van der Waals surface area contributed by atoms with Crippen molar-refractivity contribution in [3.05, 3.63) is 35.4 Å². The summed E-state index contributed by atoms with van der Waals surface area (Å²) < 4.78 is 1.98. The van der Waals surface area contributed by atoms with Crippen LogP contribution >= 0.6 is 0 Å². The number of hydrogen-bond acceptors (Lipinski definition) is 2. The lowest BCUT2D eigenvalue weighted by molar-refractivity contribution is -0.136. The number of aliphatic carboxylic acids is 1. The highest BCUT2D eigenvalue weighted by Crippen LogP contribution is 2.18. The van der Waals surface area contributed by atoms with E-state index in [-0.39, 0.29) is 6.42 Å². The van der Waals surface area contributed by atoms with Gasteiger partial charge in [-0.1, -0.05) is 13.0 Å². The maximum Gasteiger partial charge on any atom is 0.309 e. The van der Waals surface area contributed by atoms with Gasteiger partial charge in [-0.3, -0.25) is 4.79 Å². The van der Waals surface area contributed by atoms with Gasteiger partial charge in [-0.15, -0.1) is 0 Å². The van der Waals surface area contributed by atoms with Gasteiger partial charge in [-0.25, -0.2) is 4.98 Å². The number of pyridine rings is 1. The molecule has 0 saturated carbocycles. The third-order valence-corrected chi connectivity index (χ3v) is 2.65. The van der Waals surface area contributed by atoms with Gasteiger partial charge in [0.15, 0.2) is 0 Å². The Balaban J connectivity index is 2.69. The molecule has 4 nitrogen and oxygen atoms in total. The number of nitrogens with zero attached hydrogens (tertiary/aromatic N) is 2. The average Bonchev–Trinajstić information content (AvgIpc) is 2.57. The lowest BCUT2D eigenvalue weighted by atomic mass is 10.2. The molecule has 0 fully saturated rings. The van der Waals surface area contributed by atoms with Gasteiger partial charge in [0.25, 0.3) is 0 Å². The SMILES string of the molecule is CCc1nc(CC(=O)O)c2c(C)cccn12. The van der Waals surface area contributed by atoms with Crippen molar-refractivity contribution in [2.45, 2.75) is 26.7 Å². The summed E-state index contributed by atoms with van der Waals surface area (Å²) in [7, 11) is 0. The Morgan fingerprint density at radius 1 is 1.56 bits per heavy atom. The number of imidazole rings is 1. The molecule has 1 N–H and O–H groups in total. The molecule has 0 radical (unpaired) electrons. The number of aromatic nitrogens is 2. The van der Waals surface area contributed by atoms with Crippen molar-refractivity contribution in [2.75, 3.05) is 0 Å². The maximum atomic E-state index is 10.8. The first-order valence-electron chi connectivity index (χ1n) is 5.30. The van der Waals surface area contributed by atoms with Gasteiger partial charge in [0.1, 0.15) is 5.82 Å². The summed E-state index contributed by atoms with van der Waals surface area (Å²) in [6, 6.07) is 3.93. The zero-order valence-electron chi connectivity index (χ0n) is 9.40. The summed E-state index contributed by atoms with van der Waals surface area (Å²) in [5, 5.41) is 8.85. The number of hydrogen-bond donors (Lipinski definition) is 1. The second-order valence-corrected chi connectivity index (χ2v) is 3.81. The molecule has 0 spiro atoms. The van der Waals surface area contributed by atoms with E-state index in [1.165, 1.54) is 0 Å². The summed E-state index contributed by atoms with van der Waals surface area (Å²) in [6.45, 7) is 3.99. The minimum absolute atomic E-state index is 0.0195. The van der Waals surface area contributed by atoms with Crippen molar-refractivity contribution in [3.8, 4) is 0 Å². The molecule has 0 aromatic carbocycles. The Hall–Kier alpha value is -1.84. The predicted octanol–water partition coefficient (Wildman–Crippen LogP) is 1.83. The van der Waals surface area contributed by atoms with E-state index in [4.69, 9.17) is 5.11 Å². The molecule has 0 saturated heterocycles. The van der Waals surface area contributed by atoms with Crippen molar-refractivity contribution in [1.29, 1.82) is 0 Å². The lowest BCUT2D eigenvalue weighted by Crippen LogP contribution is -2.01. The van der Waals surface area contributed by atoms with Crippen molar-refractivity contribution in [1.82, 2.24) is 9.38 Å². The van der Waals surface area contributed by atoms with E-state index in [0.29, 0.717) is 5.69 Å². The van der Waals surface area contributed by atoms with Crippen LogP contribution in [0.5, 0.6) is 0 Å². The van der Waals surface area contributed by atoms with E-state index >= 15 is 0 Å². The van der Waals surface area contributed by atoms with Crippen LogP contribution in [0, 0.1) is 6.92 Å². The molecule has 2 rings (SSSR count). The molecule has 4 heteroatoms. The van der Waals surface area contributed by atoms with Gasteiger partial charge in [0, 0.05) is 12.6 Å². The quantitative estimate of drug-likeness (QED) is 0.855. The molecule has 0 aliphatic rings. The molecule has 0 aliphatic carbocycles. The monoisotopic (exact) mass is 218 g/mol. The summed E-state index contributed by atoms with van der Waals surface area (Å²) in [4.78, 5) is 15.2. The molecule has 0 atom stereocenters. The van der Waals surface area contributed by atoms with Crippen LogP contribution in [-0.4, -0.2) is 20.5 Å². The van der Waals surface area contributed by atoms with Crippen LogP contribution in [0.1, 0.15) is 24.0 Å². The second-order valence-electron chi connectivity index (χ2n) is 3.81. The van der Waals surface area contributed by atoms with Crippen LogP contribution in [0.4, 0.5) is 0 Å². The predicted molar refractivity (Wildman–Crippen MR) is 60.6 cm³/mol. The molecule has 2 aromatic rings. The number of aryl methyl sites for hydroxylation is 2. The zero-order valence-corrected chi connectivity index (χ0v) is 9.40. The lowest BCUT2D eigenvalue weighted by Gasteiger charge is -2.01. The topological polar surface area (TPSA) is 54.6 Å². The molecule has 84 valence electrons. The van der Waals surface area contributed by atoms with Gasteiger partial charge in [-0.2, -0.15) is 0 Å². The van der Waals surface area contributed by atoms with E-state index in [0.717, 1.165) is 23.3 Å². The number of carboxylic acids is 1. The molecule has 0 amide bonds. The number of carboxylic acid groups (broad SMARTS) is 1. The molecule has 2 aromatic heterocycles. The number of carbonyl (C=O) groups is 1. The van der Waals surface area contributed by atoms with E-state index < -0.39 is 5.97 Å². The van der Waals surface area contributed by atoms with E-state index in [2.05, 4.69) is 4.98 Å².